The number of sulfone groups is 1. The predicted octanol–water partition coefficient (Wildman–Crippen LogP) is 1.68. The summed E-state index contributed by atoms with van der Waals surface area (Å²) < 4.78 is 29.4. The minimum atomic E-state index is -3.62. The number of hydrogen-bond acceptors (Lipinski definition) is 5. The van der Waals surface area contributed by atoms with Crippen LogP contribution in [0.1, 0.15) is 31.9 Å². The summed E-state index contributed by atoms with van der Waals surface area (Å²) in [5.74, 6) is -0.776. The Morgan fingerprint density at radius 1 is 1.14 bits per heavy atom. The third kappa shape index (κ3) is 5.47. The molecule has 6 heteroatoms. The predicted molar refractivity (Wildman–Crippen MR) is 80.2 cm³/mol. The smallest absolute Gasteiger partial charge is 0.324 e. The Balaban J connectivity index is 2.72. The number of benzene rings is 1. The molecule has 0 radical (unpaired) electrons. The van der Waals surface area contributed by atoms with Gasteiger partial charge in [0.25, 0.3) is 0 Å². The van der Waals surface area contributed by atoms with Crippen LogP contribution in [0.15, 0.2) is 24.3 Å². The van der Waals surface area contributed by atoms with E-state index in [1.54, 1.807) is 24.3 Å². The van der Waals surface area contributed by atoms with E-state index in [1.807, 2.05) is 13.8 Å². The van der Waals surface area contributed by atoms with Crippen molar-refractivity contribution in [2.24, 2.45) is 5.92 Å². The summed E-state index contributed by atoms with van der Waals surface area (Å²) in [7, 11) is -3.62. The topological polar surface area (TPSA) is 80.7 Å². The van der Waals surface area contributed by atoms with Crippen molar-refractivity contribution in [1.29, 1.82) is 0 Å². The van der Waals surface area contributed by atoms with Crippen molar-refractivity contribution in [1.82, 2.24) is 0 Å². The van der Waals surface area contributed by atoms with Gasteiger partial charge < -0.3 is 9.84 Å². The second-order valence-corrected chi connectivity index (χ2v) is 7.77. The van der Waals surface area contributed by atoms with Crippen LogP contribution in [0.3, 0.4) is 0 Å². The van der Waals surface area contributed by atoms with Gasteiger partial charge in [0.05, 0.1) is 19.0 Å². The summed E-state index contributed by atoms with van der Waals surface area (Å²) in [6.07, 6.45) is 0. The highest BCUT2D eigenvalue weighted by Gasteiger charge is 2.29. The summed E-state index contributed by atoms with van der Waals surface area (Å²) in [5, 5.41) is 7.76. The summed E-state index contributed by atoms with van der Waals surface area (Å²) in [4.78, 5) is 11.8. The van der Waals surface area contributed by atoms with Gasteiger partial charge in [0, 0.05) is 0 Å². The molecule has 1 unspecified atom stereocenters. The van der Waals surface area contributed by atoms with Crippen LogP contribution in [-0.2, 0) is 31.7 Å². The van der Waals surface area contributed by atoms with Gasteiger partial charge in [0.15, 0.2) is 15.1 Å². The zero-order valence-corrected chi connectivity index (χ0v) is 13.4. The first kappa shape index (κ1) is 17.7. The molecule has 0 aliphatic rings. The molecule has 0 heterocycles. The van der Waals surface area contributed by atoms with Gasteiger partial charge in [-0.05, 0) is 24.0 Å². The Morgan fingerprint density at radius 2 is 1.67 bits per heavy atom. The van der Waals surface area contributed by atoms with E-state index in [0.717, 1.165) is 0 Å². The zero-order valence-electron chi connectivity index (χ0n) is 12.6. The number of ether oxygens (including phenoxy) is 1. The summed E-state index contributed by atoms with van der Waals surface area (Å²) in [5.41, 5.74) is 1.29. The van der Waals surface area contributed by atoms with Crippen LogP contribution in [0.5, 0.6) is 0 Å². The van der Waals surface area contributed by atoms with E-state index < -0.39 is 21.1 Å². The van der Waals surface area contributed by atoms with Gasteiger partial charge in [0.2, 0.25) is 0 Å². The molecule has 0 saturated carbocycles. The number of rotatable bonds is 7. The monoisotopic (exact) mass is 314 g/mol. The lowest BCUT2D eigenvalue weighted by Crippen LogP contribution is -2.31. The van der Waals surface area contributed by atoms with Crippen LogP contribution in [-0.4, -0.2) is 31.4 Å². The number of carbonyl (C=O) groups is 1. The van der Waals surface area contributed by atoms with E-state index in [1.165, 1.54) is 6.92 Å². The van der Waals surface area contributed by atoms with Crippen LogP contribution in [0.25, 0.3) is 0 Å². The van der Waals surface area contributed by atoms with E-state index in [0.29, 0.717) is 11.1 Å². The number of esters is 1. The summed E-state index contributed by atoms with van der Waals surface area (Å²) >= 11 is 0. The number of carbonyl (C=O) groups excluding carboxylic acids is 1. The first-order valence-corrected chi connectivity index (χ1v) is 8.54. The van der Waals surface area contributed by atoms with Crippen molar-refractivity contribution < 1.29 is 23.1 Å². The lowest BCUT2D eigenvalue weighted by Gasteiger charge is -2.14. The van der Waals surface area contributed by atoms with Crippen molar-refractivity contribution in [2.45, 2.75) is 38.4 Å². The normalized spacial score (nSPS) is 13.2. The molecule has 5 nitrogen and oxygen atoms in total. The lowest BCUT2D eigenvalue weighted by molar-refractivity contribution is -0.143. The lowest BCUT2D eigenvalue weighted by atomic mass is 10.2. The SMILES string of the molecule is CC(C)COC(=O)C(C)S(=O)(=O)Cc1ccc(CO)cc1. The molecule has 0 saturated heterocycles. The number of aliphatic hydroxyl groups excluding tert-OH is 1. The van der Waals surface area contributed by atoms with Gasteiger partial charge >= 0.3 is 5.97 Å². The fourth-order valence-corrected chi connectivity index (χ4v) is 2.88. The molecule has 21 heavy (non-hydrogen) atoms. The Bertz CT molecular complexity index is 560. The van der Waals surface area contributed by atoms with Crippen LogP contribution < -0.4 is 0 Å². The van der Waals surface area contributed by atoms with Crippen molar-refractivity contribution in [3.05, 3.63) is 35.4 Å². The average molecular weight is 314 g/mol. The molecule has 0 bridgehead atoms. The van der Waals surface area contributed by atoms with Crippen molar-refractivity contribution in [3.8, 4) is 0 Å². The molecule has 1 rings (SSSR count). The molecule has 1 N–H and O–H groups in total. The second-order valence-electron chi connectivity index (χ2n) is 5.45. The number of aliphatic hydroxyl groups is 1. The van der Waals surface area contributed by atoms with Crippen LogP contribution in [0.2, 0.25) is 0 Å². The van der Waals surface area contributed by atoms with Crippen LogP contribution in [0.4, 0.5) is 0 Å². The minimum absolute atomic E-state index is 0.0923. The molecule has 0 aromatic heterocycles. The zero-order chi connectivity index (χ0) is 16.0. The highest BCUT2D eigenvalue weighted by Crippen LogP contribution is 2.14. The highest BCUT2D eigenvalue weighted by atomic mass is 32.2. The van der Waals surface area contributed by atoms with Crippen molar-refractivity contribution in [3.63, 3.8) is 0 Å². The third-order valence-corrected chi connectivity index (χ3v) is 5.01. The first-order chi connectivity index (χ1) is 9.76. The maximum atomic E-state index is 12.2. The molecule has 0 aliphatic heterocycles. The first-order valence-electron chi connectivity index (χ1n) is 6.83. The van der Waals surface area contributed by atoms with Crippen LogP contribution in [0, 0.1) is 5.92 Å². The van der Waals surface area contributed by atoms with E-state index in [-0.39, 0.29) is 24.9 Å². The summed E-state index contributed by atoms with van der Waals surface area (Å²) in [6, 6.07) is 6.59. The molecule has 118 valence electrons. The molecule has 0 spiro atoms. The van der Waals surface area contributed by atoms with E-state index >= 15 is 0 Å². The Hall–Kier alpha value is -1.40. The maximum absolute atomic E-state index is 12.2. The van der Waals surface area contributed by atoms with Gasteiger partial charge in [-0.1, -0.05) is 38.1 Å². The maximum Gasteiger partial charge on any atom is 0.324 e. The van der Waals surface area contributed by atoms with Gasteiger partial charge in [-0.2, -0.15) is 0 Å². The molecule has 0 aliphatic carbocycles. The molecule has 0 amide bonds. The Labute approximate surface area is 125 Å². The molecular weight excluding hydrogens is 292 g/mol. The Kier molecular flexibility index (Phi) is 6.36. The van der Waals surface area contributed by atoms with Gasteiger partial charge in [-0.15, -0.1) is 0 Å². The van der Waals surface area contributed by atoms with Crippen molar-refractivity contribution in [2.75, 3.05) is 6.61 Å². The van der Waals surface area contributed by atoms with E-state index in [2.05, 4.69) is 0 Å². The van der Waals surface area contributed by atoms with Crippen LogP contribution >= 0.6 is 0 Å². The van der Waals surface area contributed by atoms with Gasteiger partial charge in [-0.25, -0.2) is 8.42 Å². The van der Waals surface area contributed by atoms with E-state index in [9.17, 15) is 13.2 Å². The average Bonchev–Trinajstić information content (AvgIpc) is 2.44. The Morgan fingerprint density at radius 3 is 2.14 bits per heavy atom. The second kappa shape index (κ2) is 7.56. The van der Waals surface area contributed by atoms with E-state index in [4.69, 9.17) is 9.84 Å². The van der Waals surface area contributed by atoms with Gasteiger partial charge in [0.1, 0.15) is 0 Å². The fraction of sp³-hybridized carbons (Fsp3) is 0.533. The molecule has 0 fully saturated rings. The highest BCUT2D eigenvalue weighted by molar-refractivity contribution is 7.92. The molecule has 1 atom stereocenters. The molecular formula is C15H22O5S. The van der Waals surface area contributed by atoms with Gasteiger partial charge in [-0.3, -0.25) is 4.79 Å². The third-order valence-electron chi connectivity index (χ3n) is 3.00. The fourth-order valence-electron chi connectivity index (χ4n) is 1.61. The largest absolute Gasteiger partial charge is 0.464 e. The van der Waals surface area contributed by atoms with Crippen molar-refractivity contribution >= 4 is 15.8 Å². The minimum Gasteiger partial charge on any atom is -0.464 e. The standard InChI is InChI=1S/C15H22O5S/c1-11(2)9-20-15(17)12(3)21(18,19)10-14-6-4-13(8-16)5-7-14/h4-7,11-12,16H,8-10H2,1-3H3. The molecule has 1 aromatic carbocycles. The summed E-state index contributed by atoms with van der Waals surface area (Å²) in [6.45, 7) is 5.24. The molecule has 1 aromatic rings. The quantitative estimate of drug-likeness (QED) is 0.775. The number of hydrogen-bond donors (Lipinski definition) is 1.